The molecule has 3 heterocycles. The number of amides is 2. The molecule has 1 aromatic heterocycles. The van der Waals surface area contributed by atoms with Gasteiger partial charge in [0.05, 0.1) is 26.9 Å². The van der Waals surface area contributed by atoms with E-state index in [9.17, 15) is 9.59 Å². The van der Waals surface area contributed by atoms with Crippen LogP contribution in [0.15, 0.2) is 52.9 Å². The van der Waals surface area contributed by atoms with Crippen LogP contribution in [0, 0.1) is 0 Å². The zero-order valence-corrected chi connectivity index (χ0v) is 19.9. The maximum atomic E-state index is 12.7. The average Bonchev–Trinajstić information content (AvgIpc) is 3.57. The fourth-order valence-corrected chi connectivity index (χ4v) is 4.76. The van der Waals surface area contributed by atoms with Gasteiger partial charge in [-0.15, -0.1) is 0 Å². The predicted molar refractivity (Wildman–Crippen MR) is 135 cm³/mol. The van der Waals surface area contributed by atoms with Crippen molar-refractivity contribution in [2.45, 2.75) is 12.8 Å². The molecule has 0 saturated carbocycles. The predicted octanol–water partition coefficient (Wildman–Crippen LogP) is 5.57. The van der Waals surface area contributed by atoms with Gasteiger partial charge in [0.1, 0.15) is 11.5 Å². The fraction of sp³-hybridized carbons (Fsp3) is 0.231. The summed E-state index contributed by atoms with van der Waals surface area (Å²) in [5, 5.41) is 6.62. The van der Waals surface area contributed by atoms with Crippen LogP contribution >= 0.6 is 23.2 Å². The Balaban J connectivity index is 1.33. The minimum absolute atomic E-state index is 0.212. The molecule has 8 heteroatoms. The first-order valence-electron chi connectivity index (χ1n) is 11.2. The number of carbonyl (C=O) groups is 2. The van der Waals surface area contributed by atoms with Gasteiger partial charge in [-0.3, -0.25) is 9.59 Å². The summed E-state index contributed by atoms with van der Waals surface area (Å²) in [6.07, 6.45) is 4.12. The van der Waals surface area contributed by atoms with Crippen molar-refractivity contribution < 1.29 is 14.0 Å². The fourth-order valence-electron chi connectivity index (χ4n) is 4.33. The molecule has 2 aliphatic rings. The van der Waals surface area contributed by atoms with Crippen molar-refractivity contribution in [2.24, 2.45) is 0 Å². The molecule has 3 aromatic rings. The summed E-state index contributed by atoms with van der Waals surface area (Å²) < 4.78 is 5.98. The van der Waals surface area contributed by atoms with Gasteiger partial charge in [0.25, 0.3) is 11.8 Å². The molecule has 2 amide bonds. The lowest BCUT2D eigenvalue weighted by molar-refractivity contribution is -0.110. The quantitative estimate of drug-likeness (QED) is 0.438. The first kappa shape index (κ1) is 22.7. The number of hydrogen-bond donors (Lipinski definition) is 2. The number of likely N-dealkylation sites (tertiary alicyclic amines) is 1. The van der Waals surface area contributed by atoms with Crippen LogP contribution in [0.3, 0.4) is 0 Å². The van der Waals surface area contributed by atoms with E-state index in [4.69, 9.17) is 27.6 Å². The third kappa shape index (κ3) is 4.62. The minimum Gasteiger partial charge on any atom is -0.457 e. The molecule has 2 aliphatic heterocycles. The standard InChI is InChI=1S/C26H23Cl2N3O3/c27-21-8-6-16(14-20(21)25(32)29-10-13-31-11-1-2-12-31)23-9-7-17(34-23)15-19-18-4-3-5-22(28)24(18)30-26(19)33/h3-9,14-15H,1-2,10-13H2,(H,29,32)(H,30,33)/b19-15+. The Labute approximate surface area is 207 Å². The van der Waals surface area contributed by atoms with Gasteiger partial charge in [-0.05, 0) is 68.4 Å². The molecule has 34 heavy (non-hydrogen) atoms. The van der Waals surface area contributed by atoms with Crippen LogP contribution in [-0.2, 0) is 4.79 Å². The van der Waals surface area contributed by atoms with Crippen molar-refractivity contribution in [3.05, 3.63) is 75.5 Å². The Morgan fingerprint density at radius 1 is 1.09 bits per heavy atom. The van der Waals surface area contributed by atoms with Crippen molar-refractivity contribution in [2.75, 3.05) is 31.5 Å². The van der Waals surface area contributed by atoms with Crippen molar-refractivity contribution in [3.63, 3.8) is 0 Å². The third-order valence-electron chi connectivity index (χ3n) is 6.11. The normalized spacial score (nSPS) is 16.6. The lowest BCUT2D eigenvalue weighted by Crippen LogP contribution is -2.33. The summed E-state index contributed by atoms with van der Waals surface area (Å²) in [7, 11) is 0. The van der Waals surface area contributed by atoms with E-state index in [0.717, 1.165) is 30.8 Å². The maximum Gasteiger partial charge on any atom is 0.256 e. The van der Waals surface area contributed by atoms with Crippen LogP contribution in [0.2, 0.25) is 10.0 Å². The van der Waals surface area contributed by atoms with Crippen molar-refractivity contribution >= 4 is 52.4 Å². The van der Waals surface area contributed by atoms with Crippen LogP contribution in [0.4, 0.5) is 5.69 Å². The highest BCUT2D eigenvalue weighted by Gasteiger charge is 2.26. The van der Waals surface area contributed by atoms with Gasteiger partial charge in [0.2, 0.25) is 0 Å². The van der Waals surface area contributed by atoms with Gasteiger partial charge in [-0.1, -0.05) is 35.3 Å². The number of benzene rings is 2. The van der Waals surface area contributed by atoms with Crippen molar-refractivity contribution in [3.8, 4) is 11.3 Å². The van der Waals surface area contributed by atoms with Gasteiger partial charge in [-0.25, -0.2) is 0 Å². The lowest BCUT2D eigenvalue weighted by Gasteiger charge is -2.15. The van der Waals surface area contributed by atoms with E-state index < -0.39 is 0 Å². The number of rotatable bonds is 6. The zero-order valence-electron chi connectivity index (χ0n) is 18.4. The highest BCUT2D eigenvalue weighted by molar-refractivity contribution is 6.41. The Bertz CT molecular complexity index is 1290. The Kier molecular flexibility index (Phi) is 6.46. The Morgan fingerprint density at radius 3 is 2.74 bits per heavy atom. The first-order valence-corrected chi connectivity index (χ1v) is 12.0. The highest BCUT2D eigenvalue weighted by atomic mass is 35.5. The van der Waals surface area contributed by atoms with Crippen molar-refractivity contribution in [1.82, 2.24) is 10.2 Å². The second-order valence-corrected chi connectivity index (χ2v) is 9.19. The van der Waals surface area contributed by atoms with E-state index in [1.165, 1.54) is 12.8 Å². The molecular weight excluding hydrogens is 473 g/mol. The topological polar surface area (TPSA) is 74.6 Å². The molecule has 0 aliphatic carbocycles. The molecule has 0 spiro atoms. The summed E-state index contributed by atoms with van der Waals surface area (Å²) in [6.45, 7) is 3.58. The van der Waals surface area contributed by atoms with E-state index in [1.807, 2.05) is 6.07 Å². The SMILES string of the molecule is O=C1Nc2c(Cl)cccc2/C1=C\c1ccc(-c2ccc(Cl)c(C(=O)NCCN3CCCC3)c2)o1. The highest BCUT2D eigenvalue weighted by Crippen LogP contribution is 2.38. The number of hydrogen-bond acceptors (Lipinski definition) is 4. The number of carbonyl (C=O) groups excluding carboxylic acids is 2. The van der Waals surface area contributed by atoms with E-state index in [-0.39, 0.29) is 11.8 Å². The first-order chi connectivity index (χ1) is 16.5. The second-order valence-electron chi connectivity index (χ2n) is 8.38. The maximum absolute atomic E-state index is 12.7. The summed E-state index contributed by atoms with van der Waals surface area (Å²) in [6, 6.07) is 14.2. The number of halogens is 2. The van der Waals surface area contributed by atoms with Crippen LogP contribution < -0.4 is 10.6 Å². The molecule has 0 radical (unpaired) electrons. The van der Waals surface area contributed by atoms with Crippen LogP contribution in [-0.4, -0.2) is 42.9 Å². The second kappa shape index (κ2) is 9.66. The third-order valence-corrected chi connectivity index (χ3v) is 6.75. The number of fused-ring (bicyclic) bond motifs is 1. The number of nitrogens with one attached hydrogen (secondary N) is 2. The van der Waals surface area contributed by atoms with E-state index in [1.54, 1.807) is 48.5 Å². The molecule has 0 atom stereocenters. The molecule has 1 saturated heterocycles. The summed E-state index contributed by atoms with van der Waals surface area (Å²) in [5.74, 6) is 0.635. The van der Waals surface area contributed by atoms with Gasteiger partial charge in [0.15, 0.2) is 0 Å². The lowest BCUT2D eigenvalue weighted by atomic mass is 10.1. The van der Waals surface area contributed by atoms with Crippen LogP contribution in [0.25, 0.3) is 23.0 Å². The Morgan fingerprint density at radius 2 is 1.91 bits per heavy atom. The molecule has 2 N–H and O–H groups in total. The van der Waals surface area contributed by atoms with E-state index >= 15 is 0 Å². The summed E-state index contributed by atoms with van der Waals surface area (Å²) >= 11 is 12.5. The van der Waals surface area contributed by atoms with Crippen LogP contribution in [0.5, 0.6) is 0 Å². The zero-order chi connectivity index (χ0) is 23.7. The van der Waals surface area contributed by atoms with Gasteiger partial charge in [-0.2, -0.15) is 0 Å². The van der Waals surface area contributed by atoms with Gasteiger partial charge in [0, 0.05) is 24.2 Å². The summed E-state index contributed by atoms with van der Waals surface area (Å²) in [4.78, 5) is 27.5. The Hall–Kier alpha value is -3.06. The molecule has 2 aromatic carbocycles. The van der Waals surface area contributed by atoms with E-state index in [2.05, 4.69) is 15.5 Å². The molecule has 0 unspecified atom stereocenters. The number of para-hydroxylation sites is 1. The molecule has 6 nitrogen and oxygen atoms in total. The average molecular weight is 496 g/mol. The minimum atomic E-state index is -0.236. The largest absolute Gasteiger partial charge is 0.457 e. The molecule has 0 bridgehead atoms. The smallest absolute Gasteiger partial charge is 0.256 e. The number of anilines is 1. The molecule has 1 fully saturated rings. The molecule has 5 rings (SSSR count). The van der Waals surface area contributed by atoms with Crippen LogP contribution in [0.1, 0.15) is 34.5 Å². The van der Waals surface area contributed by atoms with Gasteiger partial charge >= 0.3 is 0 Å². The number of nitrogens with zero attached hydrogens (tertiary/aromatic N) is 1. The molecular formula is C26H23Cl2N3O3. The van der Waals surface area contributed by atoms with Crippen molar-refractivity contribution in [1.29, 1.82) is 0 Å². The molecule has 174 valence electrons. The number of furan rings is 1. The van der Waals surface area contributed by atoms with E-state index in [0.29, 0.717) is 44.9 Å². The summed E-state index contributed by atoms with van der Waals surface area (Å²) in [5.41, 5.74) is 2.93. The monoisotopic (exact) mass is 495 g/mol. The van der Waals surface area contributed by atoms with Gasteiger partial charge < -0.3 is 20.0 Å².